The summed E-state index contributed by atoms with van der Waals surface area (Å²) < 4.78 is 0. The molecule has 1 heterocycles. The first kappa shape index (κ1) is 9.25. The van der Waals surface area contributed by atoms with Crippen LogP contribution in [-0.2, 0) is 0 Å². The highest BCUT2D eigenvalue weighted by molar-refractivity contribution is 5.26. The first-order chi connectivity index (χ1) is 7.31. The van der Waals surface area contributed by atoms with Crippen LogP contribution < -0.4 is 5.32 Å². The van der Waals surface area contributed by atoms with Crippen LogP contribution in [0.5, 0.6) is 0 Å². The highest BCUT2D eigenvalue weighted by Crippen LogP contribution is 2.48. The van der Waals surface area contributed by atoms with Crippen molar-refractivity contribution in [3.05, 3.63) is 11.9 Å². The zero-order chi connectivity index (χ0) is 10.3. The summed E-state index contributed by atoms with van der Waals surface area (Å²) in [5, 5.41) is 3.43. The van der Waals surface area contributed by atoms with Crippen LogP contribution in [0.2, 0.25) is 0 Å². The van der Waals surface area contributed by atoms with Crippen molar-refractivity contribution in [1.29, 1.82) is 0 Å². The number of rotatable bonds is 3. The predicted octanol–water partition coefficient (Wildman–Crippen LogP) is 2.57. The van der Waals surface area contributed by atoms with Gasteiger partial charge in [0.2, 0.25) is 0 Å². The third kappa shape index (κ3) is 1.75. The van der Waals surface area contributed by atoms with Crippen LogP contribution in [0, 0.1) is 24.7 Å². The van der Waals surface area contributed by atoms with Gasteiger partial charge in [-0.1, -0.05) is 6.42 Å². The molecule has 2 aliphatic rings. The fourth-order valence-corrected chi connectivity index (χ4v) is 3.36. The van der Waals surface area contributed by atoms with Gasteiger partial charge >= 0.3 is 0 Å². The number of aromatic nitrogens is 2. The first-order valence-corrected chi connectivity index (χ1v) is 6.07. The number of anilines is 1. The summed E-state index contributed by atoms with van der Waals surface area (Å²) in [4.78, 5) is 7.49. The van der Waals surface area contributed by atoms with Gasteiger partial charge in [-0.2, -0.15) is 0 Å². The number of imidazole rings is 1. The molecular weight excluding hydrogens is 186 g/mol. The van der Waals surface area contributed by atoms with E-state index in [9.17, 15) is 0 Å². The molecule has 0 amide bonds. The summed E-state index contributed by atoms with van der Waals surface area (Å²) in [6.07, 6.45) is 7.76. The molecule has 3 nitrogen and oxygen atoms in total. The average Bonchev–Trinajstić information content (AvgIpc) is 2.90. The summed E-state index contributed by atoms with van der Waals surface area (Å²) >= 11 is 0. The Hall–Kier alpha value is -0.990. The van der Waals surface area contributed by atoms with Crippen LogP contribution in [0.25, 0.3) is 0 Å². The average molecular weight is 205 g/mol. The summed E-state index contributed by atoms with van der Waals surface area (Å²) in [5.41, 5.74) is 1.13. The Kier molecular flexibility index (Phi) is 2.19. The Balaban J connectivity index is 1.54. The quantitative estimate of drug-likeness (QED) is 0.796. The van der Waals surface area contributed by atoms with E-state index >= 15 is 0 Å². The zero-order valence-corrected chi connectivity index (χ0v) is 9.29. The lowest BCUT2D eigenvalue weighted by molar-refractivity contribution is 0.348. The maximum Gasteiger partial charge on any atom is 0.200 e. The summed E-state index contributed by atoms with van der Waals surface area (Å²) in [6, 6.07) is 0. The van der Waals surface area contributed by atoms with E-state index in [4.69, 9.17) is 0 Å². The van der Waals surface area contributed by atoms with Crippen LogP contribution in [-0.4, -0.2) is 16.5 Å². The van der Waals surface area contributed by atoms with E-state index in [0.717, 1.165) is 35.9 Å². The second kappa shape index (κ2) is 3.54. The maximum atomic E-state index is 4.27. The van der Waals surface area contributed by atoms with Gasteiger partial charge in [0.25, 0.3) is 0 Å². The van der Waals surface area contributed by atoms with Gasteiger partial charge in [0.15, 0.2) is 5.95 Å². The molecule has 2 aliphatic carbocycles. The van der Waals surface area contributed by atoms with Gasteiger partial charge in [0, 0.05) is 18.4 Å². The van der Waals surface area contributed by atoms with Crippen LogP contribution in [0.15, 0.2) is 6.20 Å². The molecule has 0 saturated heterocycles. The number of hydrogen-bond acceptors (Lipinski definition) is 2. The minimum Gasteiger partial charge on any atom is -0.356 e. The first-order valence-electron chi connectivity index (χ1n) is 6.07. The van der Waals surface area contributed by atoms with E-state index in [2.05, 4.69) is 15.3 Å². The third-order valence-electron chi connectivity index (χ3n) is 4.12. The molecule has 82 valence electrons. The summed E-state index contributed by atoms with van der Waals surface area (Å²) in [7, 11) is 0. The van der Waals surface area contributed by atoms with Gasteiger partial charge < -0.3 is 10.3 Å². The van der Waals surface area contributed by atoms with Gasteiger partial charge in [-0.15, -0.1) is 0 Å². The summed E-state index contributed by atoms with van der Waals surface area (Å²) in [5.74, 6) is 3.88. The van der Waals surface area contributed by atoms with Crippen LogP contribution in [0.4, 0.5) is 5.95 Å². The van der Waals surface area contributed by atoms with E-state index < -0.39 is 0 Å². The molecule has 1 aromatic heterocycles. The number of hydrogen-bond donors (Lipinski definition) is 2. The largest absolute Gasteiger partial charge is 0.356 e. The van der Waals surface area contributed by atoms with Crippen molar-refractivity contribution in [1.82, 2.24) is 9.97 Å². The van der Waals surface area contributed by atoms with E-state index in [1.165, 1.54) is 25.7 Å². The van der Waals surface area contributed by atoms with E-state index in [-0.39, 0.29) is 0 Å². The Morgan fingerprint density at radius 2 is 2.40 bits per heavy atom. The number of fused-ring (bicyclic) bond motifs is 2. The van der Waals surface area contributed by atoms with Crippen molar-refractivity contribution < 1.29 is 0 Å². The number of H-pyrrole nitrogens is 1. The second-order valence-electron chi connectivity index (χ2n) is 5.23. The van der Waals surface area contributed by atoms with Gasteiger partial charge in [0.1, 0.15) is 0 Å². The molecule has 3 unspecified atom stereocenters. The molecule has 0 radical (unpaired) electrons. The Bertz CT molecular complexity index is 344. The van der Waals surface area contributed by atoms with Gasteiger partial charge in [-0.25, -0.2) is 4.98 Å². The van der Waals surface area contributed by atoms with E-state index in [1.54, 1.807) is 0 Å². The molecule has 0 spiro atoms. The Morgan fingerprint density at radius 1 is 1.47 bits per heavy atom. The lowest BCUT2D eigenvalue weighted by Gasteiger charge is -2.21. The normalized spacial score (nSPS) is 33.5. The monoisotopic (exact) mass is 205 g/mol. The molecule has 2 fully saturated rings. The number of nitrogens with one attached hydrogen (secondary N) is 2. The van der Waals surface area contributed by atoms with Crippen molar-refractivity contribution in [3.63, 3.8) is 0 Å². The molecule has 0 aromatic carbocycles. The molecular formula is C12H19N3. The minimum absolute atomic E-state index is 0.897. The zero-order valence-electron chi connectivity index (χ0n) is 9.29. The lowest BCUT2D eigenvalue weighted by Crippen LogP contribution is -2.20. The Labute approximate surface area is 90.7 Å². The molecule has 0 aliphatic heterocycles. The standard InChI is InChI=1S/C12H19N3/c1-8-6-13-12(15-8)14-7-11-5-9-2-3-10(11)4-9/h6,9-11H,2-5,7H2,1H3,(H2,13,14,15). The van der Waals surface area contributed by atoms with Gasteiger partial charge in [-0.05, 0) is 43.9 Å². The molecule has 2 N–H and O–H groups in total. The van der Waals surface area contributed by atoms with Crippen LogP contribution in [0.3, 0.4) is 0 Å². The van der Waals surface area contributed by atoms with Gasteiger partial charge in [0.05, 0.1) is 0 Å². The molecule has 3 atom stereocenters. The molecule has 3 rings (SSSR count). The highest BCUT2D eigenvalue weighted by atomic mass is 15.1. The molecule has 3 heteroatoms. The number of aromatic amines is 1. The third-order valence-corrected chi connectivity index (χ3v) is 4.12. The second-order valence-corrected chi connectivity index (χ2v) is 5.23. The highest BCUT2D eigenvalue weighted by Gasteiger charge is 2.39. The smallest absolute Gasteiger partial charge is 0.200 e. The lowest BCUT2D eigenvalue weighted by atomic mass is 9.89. The van der Waals surface area contributed by atoms with Crippen molar-refractivity contribution in [2.45, 2.75) is 32.6 Å². The SMILES string of the molecule is Cc1cnc(NCC2CC3CCC2C3)[nH]1. The molecule has 15 heavy (non-hydrogen) atoms. The van der Waals surface area contributed by atoms with Crippen molar-refractivity contribution >= 4 is 5.95 Å². The minimum atomic E-state index is 0.897. The van der Waals surface area contributed by atoms with Crippen LogP contribution >= 0.6 is 0 Å². The van der Waals surface area contributed by atoms with Gasteiger partial charge in [-0.3, -0.25) is 0 Å². The van der Waals surface area contributed by atoms with Crippen LogP contribution in [0.1, 0.15) is 31.4 Å². The van der Waals surface area contributed by atoms with E-state index in [0.29, 0.717) is 0 Å². The predicted molar refractivity (Wildman–Crippen MR) is 60.8 cm³/mol. The maximum absolute atomic E-state index is 4.27. The number of aryl methyl sites for hydroxylation is 1. The van der Waals surface area contributed by atoms with E-state index in [1.807, 2.05) is 13.1 Å². The molecule has 1 aromatic rings. The topological polar surface area (TPSA) is 40.7 Å². The number of nitrogens with zero attached hydrogens (tertiary/aromatic N) is 1. The molecule has 2 saturated carbocycles. The molecule has 2 bridgehead atoms. The fraction of sp³-hybridized carbons (Fsp3) is 0.750. The van der Waals surface area contributed by atoms with Crippen molar-refractivity contribution in [2.24, 2.45) is 17.8 Å². The summed E-state index contributed by atoms with van der Waals surface area (Å²) in [6.45, 7) is 3.14. The fourth-order valence-electron chi connectivity index (χ4n) is 3.36. The Morgan fingerprint density at radius 3 is 3.00 bits per heavy atom. The van der Waals surface area contributed by atoms with Crippen molar-refractivity contribution in [2.75, 3.05) is 11.9 Å². The van der Waals surface area contributed by atoms with Crippen molar-refractivity contribution in [3.8, 4) is 0 Å².